The fraction of sp³-hybridized carbons (Fsp3) is 0.333. The van der Waals surface area contributed by atoms with Crippen molar-refractivity contribution in [3.8, 4) is 0 Å². The highest BCUT2D eigenvalue weighted by Gasteiger charge is 2.35. The second-order valence-corrected chi connectivity index (χ2v) is 10.8. The molecular weight excluding hydrogens is 490 g/mol. The highest BCUT2D eigenvalue weighted by Crippen LogP contribution is 2.35. The Balaban J connectivity index is 1.47. The zero-order chi connectivity index (χ0) is 25.2. The average molecular weight is 520 g/mol. The monoisotopic (exact) mass is 519 g/mol. The van der Waals surface area contributed by atoms with Crippen molar-refractivity contribution < 1.29 is 4.79 Å². The fourth-order valence-corrected chi connectivity index (χ4v) is 6.04. The van der Waals surface area contributed by atoms with Crippen LogP contribution in [0.15, 0.2) is 64.4 Å². The summed E-state index contributed by atoms with van der Waals surface area (Å²) >= 11 is 6.76. The molecule has 0 N–H and O–H groups in total. The van der Waals surface area contributed by atoms with Gasteiger partial charge in [-0.2, -0.15) is 0 Å². The van der Waals surface area contributed by atoms with Crippen LogP contribution in [-0.4, -0.2) is 61.6 Å². The molecule has 7 nitrogen and oxygen atoms in total. The molecule has 2 saturated heterocycles. The summed E-state index contributed by atoms with van der Waals surface area (Å²) in [5.41, 5.74) is 2.13. The van der Waals surface area contributed by atoms with Gasteiger partial charge in [0.15, 0.2) is 0 Å². The van der Waals surface area contributed by atoms with E-state index in [1.165, 1.54) is 21.7 Å². The van der Waals surface area contributed by atoms with Crippen molar-refractivity contribution >= 4 is 51.7 Å². The molecule has 1 atom stereocenters. The zero-order valence-electron chi connectivity index (χ0n) is 20.5. The minimum absolute atomic E-state index is 0.0105. The molecule has 36 heavy (non-hydrogen) atoms. The van der Waals surface area contributed by atoms with Gasteiger partial charge in [0.1, 0.15) is 15.8 Å². The molecule has 0 aliphatic carbocycles. The molecule has 2 aliphatic rings. The number of carbonyl (C=O) groups excluding carboxylic acids is 1. The van der Waals surface area contributed by atoms with Crippen molar-refractivity contribution in [3.63, 3.8) is 0 Å². The van der Waals surface area contributed by atoms with E-state index in [2.05, 4.69) is 34.1 Å². The molecule has 4 heterocycles. The number of benzene rings is 1. The van der Waals surface area contributed by atoms with Crippen LogP contribution in [0.25, 0.3) is 11.7 Å². The third kappa shape index (κ3) is 4.83. The summed E-state index contributed by atoms with van der Waals surface area (Å²) < 4.78 is 2.07. The third-order valence-electron chi connectivity index (χ3n) is 6.80. The quantitative estimate of drug-likeness (QED) is 0.360. The largest absolute Gasteiger partial charge is 0.353 e. The average Bonchev–Trinajstić information content (AvgIpc) is 3.18. The predicted octanol–water partition coefficient (Wildman–Crippen LogP) is 4.02. The number of rotatable bonds is 6. The van der Waals surface area contributed by atoms with Crippen molar-refractivity contribution in [2.24, 2.45) is 0 Å². The number of fused-ring (bicyclic) bond motifs is 1. The van der Waals surface area contributed by atoms with Gasteiger partial charge in [-0.1, -0.05) is 67.3 Å². The predicted molar refractivity (Wildman–Crippen MR) is 150 cm³/mol. The summed E-state index contributed by atoms with van der Waals surface area (Å²) in [6, 6.07) is 16.0. The van der Waals surface area contributed by atoms with Gasteiger partial charge in [-0.05, 0) is 37.1 Å². The van der Waals surface area contributed by atoms with Crippen LogP contribution in [0.2, 0.25) is 0 Å². The maximum absolute atomic E-state index is 13.6. The lowest BCUT2D eigenvalue weighted by molar-refractivity contribution is -0.123. The molecule has 5 rings (SSSR count). The number of carbonyl (C=O) groups is 1. The summed E-state index contributed by atoms with van der Waals surface area (Å²) in [7, 11) is 0. The van der Waals surface area contributed by atoms with Crippen LogP contribution < -0.4 is 10.5 Å². The van der Waals surface area contributed by atoms with Crippen molar-refractivity contribution in [1.29, 1.82) is 0 Å². The van der Waals surface area contributed by atoms with Gasteiger partial charge in [0, 0.05) is 45.0 Å². The van der Waals surface area contributed by atoms with Gasteiger partial charge in [0.05, 0.1) is 10.5 Å². The Labute approximate surface area is 220 Å². The van der Waals surface area contributed by atoms with Gasteiger partial charge >= 0.3 is 0 Å². The number of hydrogen-bond donors (Lipinski definition) is 0. The number of pyridine rings is 1. The molecule has 3 aromatic rings. The topological polar surface area (TPSA) is 61.2 Å². The first-order valence-corrected chi connectivity index (χ1v) is 13.5. The van der Waals surface area contributed by atoms with E-state index in [9.17, 15) is 9.59 Å². The van der Waals surface area contributed by atoms with Crippen LogP contribution in [0.5, 0.6) is 0 Å². The van der Waals surface area contributed by atoms with E-state index in [4.69, 9.17) is 17.2 Å². The van der Waals surface area contributed by atoms with E-state index in [1.807, 2.05) is 38.1 Å². The molecule has 0 saturated carbocycles. The van der Waals surface area contributed by atoms with Crippen LogP contribution >= 0.6 is 24.0 Å². The lowest BCUT2D eigenvalue weighted by Gasteiger charge is -2.36. The maximum Gasteiger partial charge on any atom is 0.267 e. The van der Waals surface area contributed by atoms with E-state index >= 15 is 0 Å². The Kier molecular flexibility index (Phi) is 7.22. The van der Waals surface area contributed by atoms with Crippen LogP contribution in [0.1, 0.15) is 31.4 Å². The second kappa shape index (κ2) is 10.5. The Morgan fingerprint density at radius 3 is 2.50 bits per heavy atom. The first kappa shape index (κ1) is 24.7. The summed E-state index contributed by atoms with van der Waals surface area (Å²) in [6.07, 6.45) is 4.22. The lowest BCUT2D eigenvalue weighted by Crippen LogP contribution is -2.47. The Bertz CT molecular complexity index is 1380. The number of aromatic nitrogens is 2. The Morgan fingerprint density at radius 1 is 1.06 bits per heavy atom. The van der Waals surface area contributed by atoms with Gasteiger partial charge in [0.2, 0.25) is 0 Å². The summed E-state index contributed by atoms with van der Waals surface area (Å²) in [4.78, 5) is 38.4. The first-order valence-electron chi connectivity index (χ1n) is 12.3. The Hall–Kier alpha value is -3.01. The molecule has 1 unspecified atom stereocenters. The summed E-state index contributed by atoms with van der Waals surface area (Å²) in [5.74, 6) is 0.481. The van der Waals surface area contributed by atoms with E-state index in [0.29, 0.717) is 26.3 Å². The van der Waals surface area contributed by atoms with Crippen LogP contribution in [0.4, 0.5) is 5.82 Å². The van der Waals surface area contributed by atoms with E-state index in [-0.39, 0.29) is 17.5 Å². The van der Waals surface area contributed by atoms with Crippen molar-refractivity contribution in [3.05, 3.63) is 81.1 Å². The number of piperazine rings is 1. The summed E-state index contributed by atoms with van der Waals surface area (Å²) in [6.45, 7) is 8.13. The van der Waals surface area contributed by atoms with Gasteiger partial charge in [-0.3, -0.25) is 23.8 Å². The Morgan fingerprint density at radius 2 is 1.78 bits per heavy atom. The normalized spacial score (nSPS) is 19.0. The minimum Gasteiger partial charge on any atom is -0.353 e. The lowest BCUT2D eigenvalue weighted by atomic mass is 10.1. The summed E-state index contributed by atoms with van der Waals surface area (Å²) in [5, 5.41) is 0. The van der Waals surface area contributed by atoms with Crippen molar-refractivity contribution in [2.75, 3.05) is 31.1 Å². The molecular formula is C27H29N5O2S2. The van der Waals surface area contributed by atoms with E-state index in [0.717, 1.165) is 39.1 Å². The second-order valence-electron chi connectivity index (χ2n) is 9.14. The number of hydrogen-bond acceptors (Lipinski definition) is 7. The third-order valence-corrected chi connectivity index (χ3v) is 8.13. The fourth-order valence-electron chi connectivity index (χ4n) is 4.59. The van der Waals surface area contributed by atoms with Crippen molar-refractivity contribution in [1.82, 2.24) is 19.2 Å². The number of nitrogens with zero attached hydrogens (tertiary/aromatic N) is 5. The molecule has 1 amide bonds. The highest BCUT2D eigenvalue weighted by atomic mass is 32.2. The molecule has 186 valence electrons. The van der Waals surface area contributed by atoms with Gasteiger partial charge in [-0.15, -0.1) is 0 Å². The molecule has 2 aliphatic heterocycles. The molecule has 0 radical (unpaired) electrons. The number of thioether (sulfide) groups is 1. The highest BCUT2D eigenvalue weighted by molar-refractivity contribution is 8.26. The number of anilines is 1. The molecule has 2 fully saturated rings. The molecule has 9 heteroatoms. The zero-order valence-corrected chi connectivity index (χ0v) is 22.1. The number of amides is 1. The SMILES string of the molecule is CCC(C)N1C(=O)C(=Cc2c(N3CCN(Cc4ccccc4)CC3)nc3ccccn3c2=O)SC1=S. The van der Waals surface area contributed by atoms with Gasteiger partial charge < -0.3 is 4.90 Å². The van der Waals surface area contributed by atoms with Crippen LogP contribution in [-0.2, 0) is 11.3 Å². The van der Waals surface area contributed by atoms with E-state index < -0.39 is 0 Å². The molecule has 1 aromatic carbocycles. The van der Waals surface area contributed by atoms with Gasteiger partial charge in [0.25, 0.3) is 11.5 Å². The first-order chi connectivity index (χ1) is 17.5. The van der Waals surface area contributed by atoms with Crippen molar-refractivity contribution in [2.45, 2.75) is 32.9 Å². The molecule has 2 aromatic heterocycles. The standard InChI is InChI=1S/C27H29N5O2S2/c1-3-19(2)32-26(34)22(36-27(32)35)17-21-24(28-23-11-7-8-12-31(23)25(21)33)30-15-13-29(14-16-30)18-20-9-5-4-6-10-20/h4-12,17,19H,3,13-16,18H2,1-2H3. The van der Waals surface area contributed by atoms with Gasteiger partial charge in [-0.25, -0.2) is 4.98 Å². The smallest absolute Gasteiger partial charge is 0.267 e. The number of thiocarbonyl (C=S) groups is 1. The van der Waals surface area contributed by atoms with Crippen LogP contribution in [0.3, 0.4) is 0 Å². The molecule has 0 spiro atoms. The maximum atomic E-state index is 13.6. The van der Waals surface area contributed by atoms with Crippen LogP contribution in [0, 0.1) is 0 Å². The van der Waals surface area contributed by atoms with E-state index in [1.54, 1.807) is 17.2 Å². The minimum atomic E-state index is -0.184. The molecule has 0 bridgehead atoms.